The SMILES string of the molecule is Cc1c(C)c2c(c(C)c1N)CC(C)(C(=O)Nc1ccc(-n3ccnc3)cc1)O2. The van der Waals surface area contributed by atoms with Crippen LogP contribution >= 0.6 is 0 Å². The number of amides is 1. The number of aromatic nitrogens is 2. The van der Waals surface area contributed by atoms with Crippen LogP contribution in [0.15, 0.2) is 43.0 Å². The van der Waals surface area contributed by atoms with Gasteiger partial charge in [-0.3, -0.25) is 4.79 Å². The molecule has 3 aromatic rings. The average Bonchev–Trinajstić information content (AvgIpc) is 3.34. The second kappa shape index (κ2) is 6.41. The zero-order valence-electron chi connectivity index (χ0n) is 16.5. The van der Waals surface area contributed by atoms with E-state index in [2.05, 4.69) is 10.3 Å². The van der Waals surface area contributed by atoms with E-state index in [0.29, 0.717) is 6.42 Å². The van der Waals surface area contributed by atoms with Gasteiger partial charge in [-0.1, -0.05) is 0 Å². The lowest BCUT2D eigenvalue weighted by atomic mass is 9.91. The quantitative estimate of drug-likeness (QED) is 0.683. The van der Waals surface area contributed by atoms with Crippen molar-refractivity contribution in [3.63, 3.8) is 0 Å². The van der Waals surface area contributed by atoms with Gasteiger partial charge >= 0.3 is 0 Å². The number of fused-ring (bicyclic) bond motifs is 1. The lowest BCUT2D eigenvalue weighted by Crippen LogP contribution is -2.44. The molecule has 2 heterocycles. The van der Waals surface area contributed by atoms with Crippen molar-refractivity contribution in [1.29, 1.82) is 0 Å². The molecule has 0 radical (unpaired) electrons. The molecule has 1 unspecified atom stereocenters. The number of nitrogens with one attached hydrogen (secondary N) is 1. The summed E-state index contributed by atoms with van der Waals surface area (Å²) in [7, 11) is 0. The Balaban J connectivity index is 1.55. The van der Waals surface area contributed by atoms with E-state index in [4.69, 9.17) is 10.5 Å². The van der Waals surface area contributed by atoms with Crippen LogP contribution in [0.25, 0.3) is 5.69 Å². The number of nitrogens with zero attached hydrogens (tertiary/aromatic N) is 2. The van der Waals surface area contributed by atoms with Gasteiger partial charge in [0, 0.05) is 41.4 Å². The topological polar surface area (TPSA) is 82.2 Å². The fourth-order valence-corrected chi connectivity index (χ4v) is 3.68. The number of nitrogens with two attached hydrogens (primary N) is 1. The van der Waals surface area contributed by atoms with Gasteiger partial charge in [-0.15, -0.1) is 0 Å². The molecule has 4 rings (SSSR count). The third-order valence-corrected chi connectivity index (χ3v) is 5.69. The molecule has 6 nitrogen and oxygen atoms in total. The van der Waals surface area contributed by atoms with Gasteiger partial charge < -0.3 is 20.4 Å². The number of benzene rings is 2. The normalized spacial score (nSPS) is 17.9. The molecule has 144 valence electrons. The van der Waals surface area contributed by atoms with Crippen LogP contribution in [0.4, 0.5) is 11.4 Å². The van der Waals surface area contributed by atoms with Crippen LogP contribution in [-0.2, 0) is 11.2 Å². The molecule has 1 atom stereocenters. The molecule has 1 aliphatic heterocycles. The van der Waals surface area contributed by atoms with Crippen molar-refractivity contribution in [1.82, 2.24) is 9.55 Å². The Labute approximate surface area is 164 Å². The van der Waals surface area contributed by atoms with Gasteiger partial charge in [0.05, 0.1) is 6.33 Å². The first-order valence-corrected chi connectivity index (χ1v) is 9.27. The van der Waals surface area contributed by atoms with E-state index < -0.39 is 5.60 Å². The summed E-state index contributed by atoms with van der Waals surface area (Å²) in [6, 6.07) is 7.61. The first-order chi connectivity index (χ1) is 13.3. The van der Waals surface area contributed by atoms with Gasteiger partial charge in [0.1, 0.15) is 5.75 Å². The monoisotopic (exact) mass is 376 g/mol. The van der Waals surface area contributed by atoms with Crippen molar-refractivity contribution in [2.45, 2.75) is 39.7 Å². The van der Waals surface area contributed by atoms with Crippen molar-refractivity contribution in [2.24, 2.45) is 0 Å². The minimum atomic E-state index is -0.971. The third-order valence-electron chi connectivity index (χ3n) is 5.69. The number of imidazole rings is 1. The highest BCUT2D eigenvalue weighted by Crippen LogP contribution is 2.44. The lowest BCUT2D eigenvalue weighted by Gasteiger charge is -2.23. The average molecular weight is 376 g/mol. The van der Waals surface area contributed by atoms with E-state index in [-0.39, 0.29) is 5.91 Å². The van der Waals surface area contributed by atoms with E-state index in [9.17, 15) is 4.79 Å². The van der Waals surface area contributed by atoms with Gasteiger partial charge in [0.25, 0.3) is 5.91 Å². The molecule has 0 saturated carbocycles. The molecule has 0 spiro atoms. The minimum absolute atomic E-state index is 0.172. The summed E-state index contributed by atoms with van der Waals surface area (Å²) < 4.78 is 8.08. The Kier molecular flexibility index (Phi) is 4.14. The van der Waals surface area contributed by atoms with Gasteiger partial charge in [0.15, 0.2) is 5.60 Å². The number of ether oxygens (including phenoxy) is 1. The Hall–Kier alpha value is -3.28. The highest BCUT2D eigenvalue weighted by molar-refractivity contribution is 5.98. The predicted octanol–water partition coefficient (Wildman–Crippen LogP) is 3.71. The first-order valence-electron chi connectivity index (χ1n) is 9.27. The van der Waals surface area contributed by atoms with E-state index in [1.807, 2.05) is 62.7 Å². The zero-order chi connectivity index (χ0) is 20.1. The zero-order valence-corrected chi connectivity index (χ0v) is 16.5. The minimum Gasteiger partial charge on any atom is -0.477 e. The number of carbonyl (C=O) groups is 1. The van der Waals surface area contributed by atoms with E-state index in [1.165, 1.54) is 0 Å². The standard InChI is InChI=1S/C22H24N4O2/c1-13-14(2)20-18(15(3)19(13)23)11-22(4,28-20)21(27)25-16-5-7-17(8-6-16)26-10-9-24-12-26/h5-10,12H,11,23H2,1-4H3,(H,25,27). The summed E-state index contributed by atoms with van der Waals surface area (Å²) in [4.78, 5) is 17.1. The van der Waals surface area contributed by atoms with E-state index >= 15 is 0 Å². The van der Waals surface area contributed by atoms with Gasteiger partial charge in [-0.2, -0.15) is 0 Å². The maximum Gasteiger partial charge on any atom is 0.268 e. The van der Waals surface area contributed by atoms with Gasteiger partial charge in [-0.25, -0.2) is 4.98 Å². The molecule has 28 heavy (non-hydrogen) atoms. The van der Waals surface area contributed by atoms with E-state index in [0.717, 1.165) is 45.1 Å². The molecule has 0 aliphatic carbocycles. The number of carbonyl (C=O) groups excluding carboxylic acids is 1. The predicted molar refractivity (Wildman–Crippen MR) is 110 cm³/mol. The molecule has 0 saturated heterocycles. The van der Waals surface area contributed by atoms with Crippen molar-refractivity contribution in [3.05, 3.63) is 65.2 Å². The maximum atomic E-state index is 13.0. The highest BCUT2D eigenvalue weighted by atomic mass is 16.5. The van der Waals surface area contributed by atoms with Crippen molar-refractivity contribution < 1.29 is 9.53 Å². The summed E-state index contributed by atoms with van der Waals surface area (Å²) in [5.74, 6) is 0.617. The van der Waals surface area contributed by atoms with Crippen LogP contribution in [0.1, 0.15) is 29.2 Å². The largest absolute Gasteiger partial charge is 0.477 e. The first kappa shape index (κ1) is 18.1. The molecular weight excluding hydrogens is 352 g/mol. The smallest absolute Gasteiger partial charge is 0.268 e. The highest BCUT2D eigenvalue weighted by Gasteiger charge is 2.44. The maximum absolute atomic E-state index is 13.0. The fourth-order valence-electron chi connectivity index (χ4n) is 3.68. The molecular formula is C22H24N4O2. The van der Waals surface area contributed by atoms with Crippen LogP contribution in [0, 0.1) is 20.8 Å². The van der Waals surface area contributed by atoms with Crippen LogP contribution < -0.4 is 15.8 Å². The Bertz CT molecular complexity index is 1020. The number of hydrogen-bond donors (Lipinski definition) is 2. The molecule has 0 fully saturated rings. The summed E-state index contributed by atoms with van der Waals surface area (Å²) >= 11 is 0. The fraction of sp³-hybridized carbons (Fsp3) is 0.273. The van der Waals surface area contributed by atoms with Gasteiger partial charge in [0.2, 0.25) is 0 Å². The van der Waals surface area contributed by atoms with Gasteiger partial charge in [-0.05, 0) is 68.7 Å². The van der Waals surface area contributed by atoms with Crippen molar-refractivity contribution in [2.75, 3.05) is 11.1 Å². The summed E-state index contributed by atoms with van der Waals surface area (Å²) in [5, 5.41) is 2.98. The Morgan fingerprint density at radius 2 is 1.89 bits per heavy atom. The summed E-state index contributed by atoms with van der Waals surface area (Å²) in [6.07, 6.45) is 5.83. The molecule has 6 heteroatoms. The Morgan fingerprint density at radius 3 is 2.54 bits per heavy atom. The van der Waals surface area contributed by atoms with E-state index in [1.54, 1.807) is 12.5 Å². The molecule has 1 amide bonds. The number of anilines is 2. The number of hydrogen-bond acceptors (Lipinski definition) is 4. The van der Waals surface area contributed by atoms with Crippen LogP contribution in [0.3, 0.4) is 0 Å². The molecule has 2 aromatic carbocycles. The van der Waals surface area contributed by atoms with Crippen LogP contribution in [0.5, 0.6) is 5.75 Å². The lowest BCUT2D eigenvalue weighted by molar-refractivity contribution is -0.128. The molecule has 3 N–H and O–H groups in total. The second-order valence-corrected chi connectivity index (χ2v) is 7.58. The number of rotatable bonds is 3. The second-order valence-electron chi connectivity index (χ2n) is 7.58. The summed E-state index contributed by atoms with van der Waals surface area (Å²) in [5.41, 5.74) is 11.8. The van der Waals surface area contributed by atoms with Crippen LogP contribution in [0.2, 0.25) is 0 Å². The van der Waals surface area contributed by atoms with Crippen LogP contribution in [-0.4, -0.2) is 21.1 Å². The third kappa shape index (κ3) is 2.81. The molecule has 0 bridgehead atoms. The Morgan fingerprint density at radius 1 is 1.18 bits per heavy atom. The van der Waals surface area contributed by atoms with Crippen molar-refractivity contribution >= 4 is 17.3 Å². The molecule has 1 aliphatic rings. The van der Waals surface area contributed by atoms with Crippen molar-refractivity contribution in [3.8, 4) is 11.4 Å². The summed E-state index contributed by atoms with van der Waals surface area (Å²) in [6.45, 7) is 7.79. The number of nitrogen functional groups attached to an aromatic ring is 1. The molecule has 1 aromatic heterocycles.